The molecule has 2 fully saturated rings. The first kappa shape index (κ1) is 22.5. The van der Waals surface area contributed by atoms with Gasteiger partial charge in [-0.3, -0.25) is 4.98 Å². The number of carbonyl (C=O) groups excluding carboxylic acids is 1. The minimum absolute atomic E-state index is 0.221. The van der Waals surface area contributed by atoms with E-state index in [0.717, 1.165) is 37.1 Å². The summed E-state index contributed by atoms with van der Waals surface area (Å²) in [4.78, 5) is 22.8. The van der Waals surface area contributed by atoms with Gasteiger partial charge >= 0.3 is 6.16 Å². The molecule has 0 amide bonds. The number of rotatable bonds is 6. The molecule has 2 aliphatic heterocycles. The molecule has 0 bridgehead atoms. The monoisotopic (exact) mass is 465 g/mol. The molecular weight excluding hydrogens is 437 g/mol. The van der Waals surface area contributed by atoms with E-state index < -0.39 is 6.16 Å². The number of halogens is 1. The van der Waals surface area contributed by atoms with E-state index in [-0.39, 0.29) is 23.9 Å². The molecule has 0 N–H and O–H groups in total. The molecule has 1 aromatic carbocycles. The Morgan fingerprint density at radius 3 is 2.62 bits per heavy atom. The standard InChI is InChI=1S/C26H28FN3O4/c1-16-3-5-17(6-4-16)24-25(34-26(31)33-24)18-9-12-30(13-10-18)14-11-19-20(27)15-28-21-7-8-22(32-2)29-23(19)21/h3-8,15,18,24-25H,9-14H2,1-2H3/t24-,25-/m0/s1. The Balaban J connectivity index is 1.23. The zero-order chi connectivity index (χ0) is 23.7. The highest BCUT2D eigenvalue weighted by Gasteiger charge is 2.43. The molecule has 2 saturated heterocycles. The summed E-state index contributed by atoms with van der Waals surface area (Å²) in [6.45, 7) is 4.44. The molecule has 2 aliphatic rings. The van der Waals surface area contributed by atoms with Crippen molar-refractivity contribution in [3.63, 3.8) is 0 Å². The molecule has 8 heteroatoms. The average Bonchev–Trinajstić information content (AvgIpc) is 3.25. The molecule has 4 heterocycles. The van der Waals surface area contributed by atoms with Gasteiger partial charge in [-0.1, -0.05) is 29.8 Å². The van der Waals surface area contributed by atoms with E-state index in [1.165, 1.54) is 6.20 Å². The Bertz CT molecular complexity index is 1180. The van der Waals surface area contributed by atoms with Crippen molar-refractivity contribution < 1.29 is 23.4 Å². The second-order valence-corrected chi connectivity index (χ2v) is 9.02. The van der Waals surface area contributed by atoms with Gasteiger partial charge in [0.05, 0.1) is 24.3 Å². The minimum atomic E-state index is -0.596. The number of aryl methyl sites for hydroxylation is 1. The van der Waals surface area contributed by atoms with Crippen molar-refractivity contribution >= 4 is 17.2 Å². The molecule has 34 heavy (non-hydrogen) atoms. The summed E-state index contributed by atoms with van der Waals surface area (Å²) in [5, 5.41) is 0. The molecule has 0 radical (unpaired) electrons. The van der Waals surface area contributed by atoms with Gasteiger partial charge in [-0.05, 0) is 50.9 Å². The fourth-order valence-corrected chi connectivity index (χ4v) is 4.93. The number of aromatic nitrogens is 2. The Hall–Kier alpha value is -3.26. The van der Waals surface area contributed by atoms with Crippen molar-refractivity contribution in [2.24, 2.45) is 5.92 Å². The van der Waals surface area contributed by atoms with Gasteiger partial charge in [-0.2, -0.15) is 0 Å². The van der Waals surface area contributed by atoms with Crippen LogP contribution in [0.1, 0.15) is 35.6 Å². The third kappa shape index (κ3) is 4.55. The second kappa shape index (κ2) is 9.54. The van der Waals surface area contributed by atoms with Crippen molar-refractivity contribution in [3.8, 4) is 5.88 Å². The largest absolute Gasteiger partial charge is 0.509 e. The van der Waals surface area contributed by atoms with E-state index in [2.05, 4.69) is 14.9 Å². The lowest BCUT2D eigenvalue weighted by atomic mass is 9.86. The summed E-state index contributed by atoms with van der Waals surface area (Å²) in [7, 11) is 1.54. The van der Waals surface area contributed by atoms with E-state index in [4.69, 9.17) is 14.2 Å². The van der Waals surface area contributed by atoms with Crippen LogP contribution in [0.4, 0.5) is 9.18 Å². The Morgan fingerprint density at radius 1 is 1.12 bits per heavy atom. The van der Waals surface area contributed by atoms with Crippen LogP contribution in [0.2, 0.25) is 0 Å². The first-order chi connectivity index (χ1) is 16.5. The second-order valence-electron chi connectivity index (χ2n) is 9.02. The number of hydrogen-bond donors (Lipinski definition) is 0. The van der Waals surface area contributed by atoms with Crippen LogP contribution < -0.4 is 4.74 Å². The summed E-state index contributed by atoms with van der Waals surface area (Å²) >= 11 is 0. The van der Waals surface area contributed by atoms with Gasteiger partial charge in [0.15, 0.2) is 6.10 Å². The number of likely N-dealkylation sites (tertiary alicyclic amines) is 1. The normalized spacial score (nSPS) is 21.4. The molecule has 0 saturated carbocycles. The van der Waals surface area contributed by atoms with Crippen LogP contribution in [0.25, 0.3) is 11.0 Å². The van der Waals surface area contributed by atoms with Crippen LogP contribution in [0, 0.1) is 18.7 Å². The predicted molar refractivity (Wildman–Crippen MR) is 124 cm³/mol. The lowest BCUT2D eigenvalue weighted by molar-refractivity contribution is 0.0504. The first-order valence-electron chi connectivity index (χ1n) is 11.7. The number of cyclic esters (lactones) is 2. The number of hydrogen-bond acceptors (Lipinski definition) is 7. The quantitative estimate of drug-likeness (QED) is 0.492. The van der Waals surface area contributed by atoms with Crippen molar-refractivity contribution in [3.05, 3.63) is 65.1 Å². The van der Waals surface area contributed by atoms with E-state index in [9.17, 15) is 9.18 Å². The Kier molecular flexibility index (Phi) is 6.32. The van der Waals surface area contributed by atoms with Crippen molar-refractivity contribution in [1.82, 2.24) is 14.9 Å². The molecule has 0 aliphatic carbocycles. The molecule has 3 aromatic rings. The van der Waals surface area contributed by atoms with Gasteiger partial charge in [0, 0.05) is 24.1 Å². The van der Waals surface area contributed by atoms with Crippen molar-refractivity contribution in [2.45, 2.75) is 38.4 Å². The Labute approximate surface area is 197 Å². The zero-order valence-corrected chi connectivity index (χ0v) is 19.4. The van der Waals surface area contributed by atoms with Crippen LogP contribution in [0.15, 0.2) is 42.6 Å². The van der Waals surface area contributed by atoms with E-state index in [1.54, 1.807) is 19.2 Å². The van der Waals surface area contributed by atoms with E-state index in [0.29, 0.717) is 35.4 Å². The average molecular weight is 466 g/mol. The third-order valence-electron chi connectivity index (χ3n) is 6.88. The number of carbonyl (C=O) groups is 1. The SMILES string of the molecule is COc1ccc2ncc(F)c(CCN3CCC([C@@H]4OC(=O)O[C@H]4c4ccc(C)cc4)CC3)c2n1. The molecule has 0 spiro atoms. The number of nitrogens with zero attached hydrogens (tertiary/aromatic N) is 3. The van der Waals surface area contributed by atoms with Gasteiger partial charge in [-0.15, -0.1) is 0 Å². The van der Waals surface area contributed by atoms with Crippen LogP contribution in [0.5, 0.6) is 5.88 Å². The molecule has 7 nitrogen and oxygen atoms in total. The topological polar surface area (TPSA) is 73.8 Å². The fraction of sp³-hybridized carbons (Fsp3) is 0.423. The molecule has 2 atom stereocenters. The minimum Gasteiger partial charge on any atom is -0.481 e. The van der Waals surface area contributed by atoms with Crippen LogP contribution >= 0.6 is 0 Å². The van der Waals surface area contributed by atoms with Gasteiger partial charge < -0.3 is 19.1 Å². The first-order valence-corrected chi connectivity index (χ1v) is 11.7. The fourth-order valence-electron chi connectivity index (χ4n) is 4.93. The summed E-state index contributed by atoms with van der Waals surface area (Å²) in [6, 6.07) is 11.6. The summed E-state index contributed by atoms with van der Waals surface area (Å²) in [5.41, 5.74) is 3.88. The van der Waals surface area contributed by atoms with E-state index in [1.807, 2.05) is 31.2 Å². The highest BCUT2D eigenvalue weighted by atomic mass is 19.1. The third-order valence-corrected chi connectivity index (χ3v) is 6.88. The van der Waals surface area contributed by atoms with Gasteiger partial charge in [0.1, 0.15) is 11.9 Å². The summed E-state index contributed by atoms with van der Waals surface area (Å²) in [5.74, 6) is 0.316. The highest BCUT2D eigenvalue weighted by molar-refractivity contribution is 5.78. The summed E-state index contributed by atoms with van der Waals surface area (Å²) in [6.07, 6.45) is 2.31. The molecule has 5 rings (SSSR count). The van der Waals surface area contributed by atoms with Crippen LogP contribution in [-0.4, -0.2) is 53.9 Å². The number of methoxy groups -OCH3 is 1. The molecule has 0 unspecified atom stereocenters. The van der Waals surface area contributed by atoms with Crippen molar-refractivity contribution in [2.75, 3.05) is 26.7 Å². The lowest BCUT2D eigenvalue weighted by Gasteiger charge is -2.34. The highest BCUT2D eigenvalue weighted by Crippen LogP contribution is 2.38. The number of ether oxygens (including phenoxy) is 3. The van der Waals surface area contributed by atoms with Crippen LogP contribution in [-0.2, 0) is 15.9 Å². The van der Waals surface area contributed by atoms with E-state index >= 15 is 0 Å². The maximum Gasteiger partial charge on any atom is 0.509 e. The predicted octanol–water partition coefficient (Wildman–Crippen LogP) is 4.62. The van der Waals surface area contributed by atoms with Gasteiger partial charge in [0.25, 0.3) is 0 Å². The molecule has 178 valence electrons. The zero-order valence-electron chi connectivity index (χ0n) is 19.4. The maximum absolute atomic E-state index is 14.6. The maximum atomic E-state index is 14.6. The molecular formula is C26H28FN3O4. The number of piperidine rings is 1. The van der Waals surface area contributed by atoms with Crippen molar-refractivity contribution in [1.29, 1.82) is 0 Å². The number of pyridine rings is 2. The summed E-state index contributed by atoms with van der Waals surface area (Å²) < 4.78 is 30.9. The van der Waals surface area contributed by atoms with Gasteiger partial charge in [-0.25, -0.2) is 14.2 Å². The van der Waals surface area contributed by atoms with Crippen LogP contribution in [0.3, 0.4) is 0 Å². The Morgan fingerprint density at radius 2 is 1.88 bits per heavy atom. The number of fused-ring (bicyclic) bond motifs is 1. The lowest BCUT2D eigenvalue weighted by Crippen LogP contribution is -2.40. The smallest absolute Gasteiger partial charge is 0.481 e. The molecule has 2 aromatic heterocycles. The number of benzene rings is 1. The van der Waals surface area contributed by atoms with Gasteiger partial charge in [0.2, 0.25) is 5.88 Å².